The first-order chi connectivity index (χ1) is 19.6. The Morgan fingerprint density at radius 2 is 1.76 bits per heavy atom. The number of carbonyl (C=O) groups is 2. The number of hydrogen-bond acceptors (Lipinski definition) is 14. The van der Waals surface area contributed by atoms with Crippen LogP contribution < -0.4 is 0 Å². The van der Waals surface area contributed by atoms with Crippen LogP contribution in [0.1, 0.15) is 16.8 Å². The molecule has 0 aromatic heterocycles. The minimum Gasteiger partial charge on any atom is -0.508 e. The van der Waals surface area contributed by atoms with Gasteiger partial charge in [-0.25, -0.2) is 9.59 Å². The van der Waals surface area contributed by atoms with Crippen molar-refractivity contribution in [1.82, 2.24) is 0 Å². The summed E-state index contributed by atoms with van der Waals surface area (Å²) in [7, 11) is 0. The highest BCUT2D eigenvalue weighted by Crippen LogP contribution is 2.38. The van der Waals surface area contributed by atoms with Crippen molar-refractivity contribution in [2.75, 3.05) is 13.2 Å². The Hall–Kier alpha value is -3.92. The summed E-state index contributed by atoms with van der Waals surface area (Å²) in [6.07, 6.45) is -10.1. The fraction of sp³-hybridized carbons (Fsp3) is 0.407. The van der Waals surface area contributed by atoms with E-state index in [2.05, 4.69) is 0 Å². The summed E-state index contributed by atoms with van der Waals surface area (Å²) in [5.74, 6) is -3.86. The van der Waals surface area contributed by atoms with Crippen LogP contribution in [0, 0.1) is 5.92 Å². The number of cyclic esters (lactones) is 1. The molecule has 8 atom stereocenters. The van der Waals surface area contributed by atoms with Gasteiger partial charge < -0.3 is 59.4 Å². The number of aliphatic hydroxyl groups is 4. The average molecular weight is 577 g/mol. The Bertz CT molecular complexity index is 1340. The molecule has 2 saturated heterocycles. The zero-order chi connectivity index (χ0) is 29.4. The molecule has 0 bridgehead atoms. The smallest absolute Gasteiger partial charge is 0.343 e. The van der Waals surface area contributed by atoms with E-state index in [0.717, 1.165) is 18.4 Å². The van der Waals surface area contributed by atoms with Gasteiger partial charge in [0.05, 0.1) is 25.0 Å². The number of rotatable bonds is 6. The van der Waals surface area contributed by atoms with Crippen molar-refractivity contribution >= 4 is 11.9 Å². The monoisotopic (exact) mass is 576 g/mol. The highest BCUT2D eigenvalue weighted by molar-refractivity contribution is 6.00. The van der Waals surface area contributed by atoms with Crippen molar-refractivity contribution in [3.8, 4) is 28.4 Å². The molecule has 2 fully saturated rings. The second-order valence-corrected chi connectivity index (χ2v) is 9.75. The van der Waals surface area contributed by atoms with Gasteiger partial charge in [0.15, 0.2) is 6.10 Å². The first kappa shape index (κ1) is 28.6. The maximum Gasteiger partial charge on any atom is 0.343 e. The van der Waals surface area contributed by atoms with Gasteiger partial charge in [-0.1, -0.05) is 12.1 Å². The molecule has 2 aromatic rings. The number of aromatic hydroxyl groups is 3. The summed E-state index contributed by atoms with van der Waals surface area (Å²) in [5, 5.41) is 72.3. The van der Waals surface area contributed by atoms with Crippen molar-refractivity contribution in [1.29, 1.82) is 0 Å². The van der Waals surface area contributed by atoms with Crippen molar-refractivity contribution in [3.05, 3.63) is 53.8 Å². The van der Waals surface area contributed by atoms with Crippen LogP contribution in [0.3, 0.4) is 0 Å². The molecule has 0 aliphatic carbocycles. The number of ether oxygens (including phenoxy) is 5. The number of aliphatic hydroxyl groups excluding tert-OH is 4. The van der Waals surface area contributed by atoms with Crippen molar-refractivity contribution in [2.24, 2.45) is 5.92 Å². The van der Waals surface area contributed by atoms with Crippen LogP contribution in [0.25, 0.3) is 11.1 Å². The topological polar surface area (TPSA) is 222 Å². The van der Waals surface area contributed by atoms with Crippen LogP contribution >= 0.6 is 0 Å². The number of carbonyl (C=O) groups excluding carboxylic acids is 2. The van der Waals surface area contributed by atoms with Gasteiger partial charge in [0, 0.05) is 17.5 Å². The van der Waals surface area contributed by atoms with Gasteiger partial charge in [0.1, 0.15) is 47.2 Å². The van der Waals surface area contributed by atoms with E-state index in [4.69, 9.17) is 23.7 Å². The summed E-state index contributed by atoms with van der Waals surface area (Å²) >= 11 is 0. The quantitative estimate of drug-likeness (QED) is 0.218. The molecule has 0 saturated carbocycles. The molecule has 5 rings (SSSR count). The molecule has 0 radical (unpaired) electrons. The number of fused-ring (bicyclic) bond motifs is 1. The molecule has 3 aliphatic rings. The van der Waals surface area contributed by atoms with Gasteiger partial charge in [-0.15, -0.1) is 0 Å². The predicted molar refractivity (Wildman–Crippen MR) is 133 cm³/mol. The molecule has 3 heterocycles. The second kappa shape index (κ2) is 11.5. The Morgan fingerprint density at radius 1 is 0.976 bits per heavy atom. The zero-order valence-electron chi connectivity index (χ0n) is 21.3. The first-order valence-electron chi connectivity index (χ1n) is 12.6. The number of phenolic OH excluding ortho intramolecular Hbond substituents is 3. The van der Waals surface area contributed by atoms with Gasteiger partial charge in [0.25, 0.3) is 0 Å². The van der Waals surface area contributed by atoms with E-state index < -0.39 is 84.6 Å². The van der Waals surface area contributed by atoms with Gasteiger partial charge >= 0.3 is 11.9 Å². The third-order valence-electron chi connectivity index (χ3n) is 7.12. The molecular weight excluding hydrogens is 548 g/mol. The van der Waals surface area contributed by atoms with Crippen LogP contribution in [-0.4, -0.2) is 104 Å². The van der Waals surface area contributed by atoms with Crippen molar-refractivity contribution in [3.63, 3.8) is 0 Å². The first-order valence-corrected chi connectivity index (χ1v) is 12.6. The SMILES string of the molecule is O=C1OCCC2C1=COC(OC1OC(CO)C(O)C(O)C1OC(=O)c1c(O)cc(O)cc1-c1cccc(O)c1)C2O. The Kier molecular flexibility index (Phi) is 8.04. The third kappa shape index (κ3) is 5.53. The summed E-state index contributed by atoms with van der Waals surface area (Å²) in [6.45, 7) is -0.703. The second-order valence-electron chi connectivity index (χ2n) is 9.75. The minimum absolute atomic E-state index is 0.0336. The third-order valence-corrected chi connectivity index (χ3v) is 7.12. The molecule has 41 heavy (non-hydrogen) atoms. The molecule has 0 spiro atoms. The lowest BCUT2D eigenvalue weighted by Crippen LogP contribution is -2.62. The van der Waals surface area contributed by atoms with Crippen LogP contribution in [0.2, 0.25) is 0 Å². The Morgan fingerprint density at radius 3 is 2.49 bits per heavy atom. The fourth-order valence-electron chi connectivity index (χ4n) is 5.02. The van der Waals surface area contributed by atoms with Crippen LogP contribution in [0.5, 0.6) is 17.2 Å². The van der Waals surface area contributed by atoms with Crippen LogP contribution in [0.4, 0.5) is 0 Å². The summed E-state index contributed by atoms with van der Waals surface area (Å²) in [4.78, 5) is 25.4. The van der Waals surface area contributed by atoms with Gasteiger partial charge in [-0.2, -0.15) is 0 Å². The molecule has 2 aromatic carbocycles. The normalized spacial score (nSPS) is 31.3. The largest absolute Gasteiger partial charge is 0.508 e. The fourth-order valence-corrected chi connectivity index (χ4v) is 5.02. The Labute approximate surface area is 232 Å². The van der Waals surface area contributed by atoms with Crippen molar-refractivity contribution in [2.45, 2.75) is 49.5 Å². The van der Waals surface area contributed by atoms with Crippen molar-refractivity contribution < 1.29 is 69.0 Å². The lowest BCUT2D eigenvalue weighted by Gasteiger charge is -2.44. The summed E-state index contributed by atoms with van der Waals surface area (Å²) in [5.41, 5.74) is -0.166. The van der Waals surface area contributed by atoms with Crippen LogP contribution in [0.15, 0.2) is 48.2 Å². The van der Waals surface area contributed by atoms with E-state index in [1.54, 1.807) is 0 Å². The molecule has 7 N–H and O–H groups in total. The minimum atomic E-state index is -1.88. The summed E-state index contributed by atoms with van der Waals surface area (Å²) < 4.78 is 27.1. The highest BCUT2D eigenvalue weighted by atomic mass is 16.8. The van der Waals surface area contributed by atoms with E-state index in [0.29, 0.717) is 0 Å². The number of phenols is 3. The predicted octanol–water partition coefficient (Wildman–Crippen LogP) is -0.384. The van der Waals surface area contributed by atoms with E-state index in [1.807, 2.05) is 0 Å². The van der Waals surface area contributed by atoms with E-state index in [1.165, 1.54) is 24.3 Å². The maximum atomic E-state index is 13.4. The Balaban J connectivity index is 1.44. The van der Waals surface area contributed by atoms with Gasteiger partial charge in [-0.05, 0) is 30.2 Å². The standard InChI is InChI=1S/C27H28O14/c28-9-18-21(33)22(34)23(27(39-18)41-26-20(32)14-4-5-37-24(35)16(14)10-38-26)40-25(36)19-15(7-13(30)8-17(19)31)11-2-1-3-12(29)6-11/h1-3,6-8,10,14,18,20-23,26-34H,4-5,9H2. The molecule has 14 heteroatoms. The molecule has 8 unspecified atom stereocenters. The van der Waals surface area contributed by atoms with Gasteiger partial charge in [0.2, 0.25) is 12.6 Å². The van der Waals surface area contributed by atoms with E-state index in [9.17, 15) is 45.3 Å². The zero-order valence-corrected chi connectivity index (χ0v) is 21.3. The lowest BCUT2D eigenvalue weighted by atomic mass is 9.87. The van der Waals surface area contributed by atoms with E-state index in [-0.39, 0.29) is 35.5 Å². The molecular formula is C27H28O14. The lowest BCUT2D eigenvalue weighted by molar-refractivity contribution is -0.345. The number of hydrogen-bond donors (Lipinski definition) is 7. The highest BCUT2D eigenvalue weighted by Gasteiger charge is 2.50. The number of esters is 2. The van der Waals surface area contributed by atoms with Crippen LogP contribution in [-0.2, 0) is 28.5 Å². The summed E-state index contributed by atoms with van der Waals surface area (Å²) in [6, 6.07) is 7.64. The van der Waals surface area contributed by atoms with Gasteiger partial charge in [-0.3, -0.25) is 0 Å². The molecule has 3 aliphatic heterocycles. The molecule has 0 amide bonds. The molecule has 14 nitrogen and oxygen atoms in total. The maximum absolute atomic E-state index is 13.4. The molecule has 220 valence electrons. The number of benzene rings is 2. The average Bonchev–Trinajstić information content (AvgIpc) is 2.93. The van der Waals surface area contributed by atoms with E-state index >= 15 is 0 Å².